The number of rotatable bonds is 12. The quantitative estimate of drug-likeness (QED) is 0.213. The van der Waals surface area contributed by atoms with Crippen molar-refractivity contribution in [2.24, 2.45) is 0 Å². The van der Waals surface area contributed by atoms with E-state index >= 15 is 0 Å². The van der Waals surface area contributed by atoms with Crippen molar-refractivity contribution in [2.45, 2.75) is 57.4 Å². The number of aryl methyl sites for hydroxylation is 1. The maximum atomic E-state index is 13.3. The number of nitrogen functional groups attached to an aromatic ring is 1. The second-order valence-corrected chi connectivity index (χ2v) is 12.4. The highest BCUT2D eigenvalue weighted by Gasteiger charge is 2.29. The lowest BCUT2D eigenvalue weighted by molar-refractivity contribution is 0.0650. The third-order valence-corrected chi connectivity index (χ3v) is 9.34. The molecular formula is C30H35N9O3S. The average Bonchev–Trinajstić information content (AvgIpc) is 3.72. The summed E-state index contributed by atoms with van der Waals surface area (Å²) in [7, 11) is -3.74. The summed E-state index contributed by atoms with van der Waals surface area (Å²) in [4.78, 5) is 28.5. The van der Waals surface area contributed by atoms with Gasteiger partial charge in [-0.25, -0.2) is 18.4 Å². The van der Waals surface area contributed by atoms with Crippen LogP contribution in [0.1, 0.15) is 56.3 Å². The second kappa shape index (κ2) is 12.7. The standard InChI is InChI=1S/C30H35N9O3S/c1-4-16-38(30(40)28-33-19-34-37-28)22(5-2)13-15-25-26(43(41,42)6-3)27(31)39-29(36-25)23(18-35-39)21-12-14-24(32-17-21)20-10-8-7-9-11-20/h7-12,14,17-19,22H,4-6,13,15-16,31H2,1-3H3,(H,33,34,37)/t22-/m1/s1. The highest BCUT2D eigenvalue weighted by molar-refractivity contribution is 7.91. The van der Waals surface area contributed by atoms with Gasteiger partial charge in [-0.3, -0.25) is 14.9 Å². The summed E-state index contributed by atoms with van der Waals surface area (Å²) >= 11 is 0. The first-order valence-electron chi connectivity index (χ1n) is 14.4. The predicted molar refractivity (Wildman–Crippen MR) is 164 cm³/mol. The predicted octanol–water partition coefficient (Wildman–Crippen LogP) is 4.22. The fraction of sp³-hybridized carbons (Fsp3) is 0.333. The van der Waals surface area contributed by atoms with Gasteiger partial charge >= 0.3 is 0 Å². The van der Waals surface area contributed by atoms with Crippen molar-refractivity contribution in [2.75, 3.05) is 18.0 Å². The van der Waals surface area contributed by atoms with Gasteiger partial charge in [-0.15, -0.1) is 0 Å². The van der Waals surface area contributed by atoms with Crippen molar-refractivity contribution in [3.05, 3.63) is 72.7 Å². The molecule has 0 bridgehead atoms. The van der Waals surface area contributed by atoms with Crippen molar-refractivity contribution in [3.8, 4) is 22.4 Å². The number of nitrogens with one attached hydrogen (secondary N) is 1. The van der Waals surface area contributed by atoms with Crippen molar-refractivity contribution < 1.29 is 13.2 Å². The van der Waals surface area contributed by atoms with Crippen LogP contribution in [0.15, 0.2) is 66.1 Å². The minimum absolute atomic E-state index is 0.0122. The van der Waals surface area contributed by atoms with Gasteiger partial charge in [0.1, 0.15) is 17.0 Å². The van der Waals surface area contributed by atoms with Gasteiger partial charge in [0, 0.05) is 35.5 Å². The lowest BCUT2D eigenvalue weighted by Gasteiger charge is -2.30. The van der Waals surface area contributed by atoms with Crippen LogP contribution in [0.3, 0.4) is 0 Å². The number of benzene rings is 1. The van der Waals surface area contributed by atoms with E-state index in [9.17, 15) is 13.2 Å². The van der Waals surface area contributed by atoms with Gasteiger partial charge < -0.3 is 10.6 Å². The first-order valence-corrected chi connectivity index (χ1v) is 16.0. The van der Waals surface area contributed by atoms with Gasteiger partial charge in [0.05, 0.1) is 23.3 Å². The molecule has 4 heterocycles. The number of carbonyl (C=O) groups is 1. The number of nitrogens with two attached hydrogens (primary N) is 1. The fourth-order valence-corrected chi connectivity index (χ4v) is 6.46. The molecule has 13 heteroatoms. The molecule has 3 N–H and O–H groups in total. The Labute approximate surface area is 250 Å². The summed E-state index contributed by atoms with van der Waals surface area (Å²) in [6.45, 7) is 6.09. The topological polar surface area (TPSA) is 165 Å². The molecule has 0 aliphatic carbocycles. The molecule has 5 rings (SSSR count). The molecule has 0 radical (unpaired) electrons. The van der Waals surface area contributed by atoms with E-state index < -0.39 is 9.84 Å². The maximum absolute atomic E-state index is 13.3. The highest BCUT2D eigenvalue weighted by Crippen LogP contribution is 2.31. The lowest BCUT2D eigenvalue weighted by atomic mass is 10.0. The van der Waals surface area contributed by atoms with Crippen molar-refractivity contribution in [1.29, 1.82) is 0 Å². The minimum atomic E-state index is -3.74. The number of hydrogen-bond acceptors (Lipinski definition) is 9. The van der Waals surface area contributed by atoms with Crippen LogP contribution in [0.5, 0.6) is 0 Å². The Hall–Kier alpha value is -4.65. The molecule has 1 aromatic carbocycles. The Kier molecular flexibility index (Phi) is 8.81. The molecule has 1 amide bonds. The number of amides is 1. The average molecular weight is 602 g/mol. The van der Waals surface area contributed by atoms with Crippen molar-refractivity contribution >= 4 is 27.2 Å². The number of aromatic nitrogens is 7. The Morgan fingerprint density at radius 2 is 1.84 bits per heavy atom. The minimum Gasteiger partial charge on any atom is -0.382 e. The zero-order chi connectivity index (χ0) is 30.6. The van der Waals surface area contributed by atoms with E-state index in [4.69, 9.17) is 10.7 Å². The van der Waals surface area contributed by atoms with Crippen LogP contribution in [0.4, 0.5) is 5.82 Å². The molecule has 5 aromatic rings. The SMILES string of the molecule is CCCN(C(=O)c1ncn[nH]1)[C@H](CC)CCc1nc2c(-c3ccc(-c4ccccc4)nc3)cnn2c(N)c1S(=O)(=O)CC. The summed E-state index contributed by atoms with van der Waals surface area (Å²) in [5, 5.41) is 10.9. The number of pyridine rings is 1. The zero-order valence-electron chi connectivity index (χ0n) is 24.4. The largest absolute Gasteiger partial charge is 0.382 e. The smallest absolute Gasteiger partial charge is 0.291 e. The third-order valence-electron chi connectivity index (χ3n) is 7.51. The first kappa shape index (κ1) is 29.8. The molecule has 12 nitrogen and oxygen atoms in total. The van der Waals surface area contributed by atoms with Crippen LogP contribution >= 0.6 is 0 Å². The number of fused-ring (bicyclic) bond motifs is 1. The van der Waals surface area contributed by atoms with Crippen molar-refractivity contribution in [1.82, 2.24) is 39.7 Å². The maximum Gasteiger partial charge on any atom is 0.291 e. The van der Waals surface area contributed by atoms with Crippen LogP contribution in [0.2, 0.25) is 0 Å². The number of nitrogens with zero attached hydrogens (tertiary/aromatic N) is 7. The summed E-state index contributed by atoms with van der Waals surface area (Å²) in [5.41, 5.74) is 10.6. The highest BCUT2D eigenvalue weighted by atomic mass is 32.2. The number of H-pyrrole nitrogens is 1. The molecular weight excluding hydrogens is 566 g/mol. The van der Waals surface area contributed by atoms with E-state index in [-0.39, 0.29) is 40.7 Å². The van der Waals surface area contributed by atoms with Crippen LogP contribution in [-0.2, 0) is 16.3 Å². The van der Waals surface area contributed by atoms with Gasteiger partial charge in [0.15, 0.2) is 15.5 Å². The molecule has 0 aliphatic heterocycles. The summed E-state index contributed by atoms with van der Waals surface area (Å²) in [6, 6.07) is 13.5. The van der Waals surface area contributed by atoms with E-state index in [0.717, 1.165) is 23.2 Å². The van der Waals surface area contributed by atoms with Crippen LogP contribution in [0.25, 0.3) is 28.0 Å². The third kappa shape index (κ3) is 5.98. The van der Waals surface area contributed by atoms with E-state index in [2.05, 4.69) is 25.3 Å². The number of carbonyl (C=O) groups excluding carboxylic acids is 1. The first-order chi connectivity index (χ1) is 20.8. The van der Waals surface area contributed by atoms with Gasteiger partial charge in [-0.1, -0.05) is 57.2 Å². The summed E-state index contributed by atoms with van der Waals surface area (Å²) in [6.07, 6.45) is 6.84. The van der Waals surface area contributed by atoms with E-state index in [1.807, 2.05) is 56.3 Å². The molecule has 43 heavy (non-hydrogen) atoms. The Bertz CT molecular complexity index is 1800. The monoisotopic (exact) mass is 601 g/mol. The zero-order valence-corrected chi connectivity index (χ0v) is 25.3. The van der Waals surface area contributed by atoms with Crippen LogP contribution < -0.4 is 5.73 Å². The molecule has 0 unspecified atom stereocenters. The molecule has 224 valence electrons. The molecule has 0 aliphatic rings. The lowest BCUT2D eigenvalue weighted by Crippen LogP contribution is -2.41. The van der Waals surface area contributed by atoms with Gasteiger partial charge in [-0.05, 0) is 31.7 Å². The van der Waals surface area contributed by atoms with E-state index in [1.165, 1.54) is 10.8 Å². The Morgan fingerprint density at radius 3 is 2.47 bits per heavy atom. The Balaban J connectivity index is 1.53. The van der Waals surface area contributed by atoms with Gasteiger partial charge in [-0.2, -0.15) is 14.7 Å². The van der Waals surface area contributed by atoms with E-state index in [1.54, 1.807) is 24.2 Å². The summed E-state index contributed by atoms with van der Waals surface area (Å²) in [5.74, 6) is -0.210. The number of aromatic amines is 1. The number of sulfone groups is 1. The normalized spacial score (nSPS) is 12.4. The molecule has 0 saturated carbocycles. The van der Waals surface area contributed by atoms with E-state index in [0.29, 0.717) is 36.3 Å². The van der Waals surface area contributed by atoms with Gasteiger partial charge in [0.25, 0.3) is 5.91 Å². The number of anilines is 1. The van der Waals surface area contributed by atoms with Crippen LogP contribution in [0, 0.1) is 0 Å². The second-order valence-electron chi connectivity index (χ2n) is 10.2. The fourth-order valence-electron chi connectivity index (χ4n) is 5.26. The number of hydrogen-bond donors (Lipinski definition) is 2. The molecule has 4 aromatic heterocycles. The van der Waals surface area contributed by atoms with Crippen LogP contribution in [-0.4, -0.2) is 72.3 Å². The summed E-state index contributed by atoms with van der Waals surface area (Å²) < 4.78 is 28.0. The molecule has 0 fully saturated rings. The Morgan fingerprint density at radius 1 is 1.05 bits per heavy atom. The molecule has 1 atom stereocenters. The molecule has 0 saturated heterocycles. The van der Waals surface area contributed by atoms with Gasteiger partial charge in [0.2, 0.25) is 5.82 Å². The molecule has 0 spiro atoms. The van der Waals surface area contributed by atoms with Crippen molar-refractivity contribution in [3.63, 3.8) is 0 Å².